The lowest BCUT2D eigenvalue weighted by Gasteiger charge is -2.12. The Balaban J connectivity index is 1.31. The maximum absolute atomic E-state index is 13.0. The zero-order chi connectivity index (χ0) is 29.0. The van der Waals surface area contributed by atoms with Crippen LogP contribution in [0.1, 0.15) is 16.9 Å². The maximum Gasteiger partial charge on any atom is 0.422 e. The fraction of sp³-hybridized carbons (Fsp3) is 0.333. The number of hydrogen-bond donors (Lipinski definition) is 1. The van der Waals surface area contributed by atoms with Crippen LogP contribution in [0.3, 0.4) is 0 Å². The molecule has 4 heterocycles. The molecule has 216 valence electrons. The van der Waals surface area contributed by atoms with Crippen LogP contribution in [0.2, 0.25) is 0 Å². The van der Waals surface area contributed by atoms with E-state index in [4.69, 9.17) is 23.7 Å². The molecule has 3 aromatic heterocycles. The molecule has 1 saturated heterocycles. The number of pyridine rings is 2. The zero-order valence-corrected chi connectivity index (χ0v) is 22.1. The molecule has 0 bridgehead atoms. The Hall–Kier alpha value is -4.59. The van der Waals surface area contributed by atoms with Crippen LogP contribution in [0.5, 0.6) is 28.7 Å². The average Bonchev–Trinajstić information content (AvgIpc) is 3.62. The predicted octanol–water partition coefficient (Wildman–Crippen LogP) is 4.87. The summed E-state index contributed by atoms with van der Waals surface area (Å²) in [7, 11) is 3.06. The number of amides is 1. The van der Waals surface area contributed by atoms with E-state index in [2.05, 4.69) is 20.4 Å². The van der Waals surface area contributed by atoms with Gasteiger partial charge in [0, 0.05) is 36.7 Å². The molecule has 0 radical (unpaired) electrons. The maximum atomic E-state index is 13.0. The summed E-state index contributed by atoms with van der Waals surface area (Å²) in [5.74, 6) is 1.09. The molecule has 1 aromatic carbocycles. The van der Waals surface area contributed by atoms with Gasteiger partial charge in [0.1, 0.15) is 17.3 Å². The first-order valence-corrected chi connectivity index (χ1v) is 12.5. The summed E-state index contributed by atoms with van der Waals surface area (Å²) < 4.78 is 66.7. The van der Waals surface area contributed by atoms with E-state index in [1.165, 1.54) is 37.4 Å². The topological polar surface area (TPSA) is 119 Å². The number of carbonyl (C=O) groups is 1. The molecule has 1 aliphatic rings. The molecule has 41 heavy (non-hydrogen) atoms. The van der Waals surface area contributed by atoms with Crippen molar-refractivity contribution in [2.75, 3.05) is 39.4 Å². The van der Waals surface area contributed by atoms with Crippen molar-refractivity contribution in [1.29, 1.82) is 0 Å². The van der Waals surface area contributed by atoms with E-state index < -0.39 is 18.7 Å². The fourth-order valence-electron chi connectivity index (χ4n) is 4.26. The third-order valence-corrected chi connectivity index (χ3v) is 6.22. The number of nitrogens with one attached hydrogen (secondary N) is 1. The summed E-state index contributed by atoms with van der Waals surface area (Å²) in [4.78, 5) is 21.5. The van der Waals surface area contributed by atoms with Crippen LogP contribution in [-0.2, 0) is 11.3 Å². The molecule has 1 atom stereocenters. The number of anilines is 1. The second kappa shape index (κ2) is 11.9. The molecule has 1 aliphatic heterocycles. The molecule has 1 unspecified atom stereocenters. The van der Waals surface area contributed by atoms with E-state index in [1.54, 1.807) is 30.5 Å². The van der Waals surface area contributed by atoms with Gasteiger partial charge in [-0.2, -0.15) is 18.3 Å². The van der Waals surface area contributed by atoms with E-state index in [0.29, 0.717) is 53.7 Å². The van der Waals surface area contributed by atoms with E-state index in [0.717, 1.165) is 6.42 Å². The number of fused-ring (bicyclic) bond motifs is 1. The minimum absolute atomic E-state index is 0.133. The number of rotatable bonds is 10. The van der Waals surface area contributed by atoms with Crippen molar-refractivity contribution in [2.24, 2.45) is 5.92 Å². The van der Waals surface area contributed by atoms with Gasteiger partial charge in [0.15, 0.2) is 29.5 Å². The Morgan fingerprint density at radius 2 is 1.90 bits per heavy atom. The number of aromatic nitrogens is 4. The van der Waals surface area contributed by atoms with Crippen LogP contribution in [0.25, 0.3) is 10.9 Å². The number of carbonyl (C=O) groups excluding carboxylic acids is 1. The first-order chi connectivity index (χ1) is 19.7. The number of nitrogens with zero attached hydrogens (tertiary/aromatic N) is 4. The molecular formula is C27H26F3N5O6. The number of benzene rings is 1. The lowest BCUT2D eigenvalue weighted by molar-refractivity contribution is -0.153. The third kappa shape index (κ3) is 6.77. The summed E-state index contributed by atoms with van der Waals surface area (Å²) in [6.45, 7) is -0.0711. The Morgan fingerprint density at radius 3 is 2.59 bits per heavy atom. The van der Waals surface area contributed by atoms with Gasteiger partial charge in [-0.15, -0.1) is 0 Å². The number of halogens is 3. The average molecular weight is 574 g/mol. The van der Waals surface area contributed by atoms with Crippen molar-refractivity contribution < 1.29 is 41.7 Å². The largest absolute Gasteiger partial charge is 0.493 e. The Morgan fingerprint density at radius 1 is 1.10 bits per heavy atom. The summed E-state index contributed by atoms with van der Waals surface area (Å²) >= 11 is 0. The molecule has 1 N–H and O–H groups in total. The minimum atomic E-state index is -4.58. The van der Waals surface area contributed by atoms with Crippen molar-refractivity contribution >= 4 is 22.6 Å². The Labute approximate surface area is 232 Å². The highest BCUT2D eigenvalue weighted by atomic mass is 19.4. The minimum Gasteiger partial charge on any atom is -0.493 e. The summed E-state index contributed by atoms with van der Waals surface area (Å²) in [5.41, 5.74) is 0.336. The highest BCUT2D eigenvalue weighted by Crippen LogP contribution is 2.37. The Kier molecular flexibility index (Phi) is 8.10. The van der Waals surface area contributed by atoms with E-state index in [-0.39, 0.29) is 23.2 Å². The molecular weight excluding hydrogens is 547 g/mol. The highest BCUT2D eigenvalue weighted by Gasteiger charge is 2.31. The lowest BCUT2D eigenvalue weighted by Crippen LogP contribution is -2.21. The zero-order valence-electron chi connectivity index (χ0n) is 22.1. The summed E-state index contributed by atoms with van der Waals surface area (Å²) in [6, 6.07) is 8.22. The smallest absolute Gasteiger partial charge is 0.422 e. The predicted molar refractivity (Wildman–Crippen MR) is 140 cm³/mol. The van der Waals surface area contributed by atoms with Gasteiger partial charge in [-0.05, 0) is 30.7 Å². The van der Waals surface area contributed by atoms with Crippen LogP contribution < -0.4 is 24.3 Å². The van der Waals surface area contributed by atoms with E-state index in [9.17, 15) is 18.0 Å². The van der Waals surface area contributed by atoms with Crippen molar-refractivity contribution in [3.63, 3.8) is 0 Å². The first kappa shape index (κ1) is 28.0. The normalized spacial score (nSPS) is 15.1. The summed E-state index contributed by atoms with van der Waals surface area (Å²) in [6.07, 6.45) is 0.470. The molecule has 1 fully saturated rings. The quantitative estimate of drug-likeness (QED) is 0.284. The lowest BCUT2D eigenvalue weighted by atomic mass is 10.1. The van der Waals surface area contributed by atoms with Crippen molar-refractivity contribution in [3.05, 3.63) is 54.6 Å². The second-order valence-corrected chi connectivity index (χ2v) is 9.17. The van der Waals surface area contributed by atoms with Crippen LogP contribution >= 0.6 is 0 Å². The van der Waals surface area contributed by atoms with Gasteiger partial charge in [0.05, 0.1) is 38.7 Å². The molecule has 0 aliphatic carbocycles. The number of hydrogen-bond acceptors (Lipinski definition) is 9. The van der Waals surface area contributed by atoms with Gasteiger partial charge in [0.2, 0.25) is 0 Å². The Bertz CT molecular complexity index is 1520. The molecule has 1 amide bonds. The molecule has 4 aromatic rings. The van der Waals surface area contributed by atoms with Crippen LogP contribution in [0.15, 0.2) is 48.9 Å². The van der Waals surface area contributed by atoms with Gasteiger partial charge in [-0.25, -0.2) is 4.98 Å². The fourth-order valence-corrected chi connectivity index (χ4v) is 4.26. The SMILES string of the molecule is COc1cc2nccc(Oc3ccc(NC(=O)c4nn(CC5CCOC5)cc4OCC(F)(F)F)nc3)c2cc1OC. The van der Waals surface area contributed by atoms with E-state index >= 15 is 0 Å². The van der Waals surface area contributed by atoms with Gasteiger partial charge in [-0.1, -0.05) is 0 Å². The van der Waals surface area contributed by atoms with Crippen molar-refractivity contribution in [2.45, 2.75) is 19.1 Å². The van der Waals surface area contributed by atoms with E-state index in [1.807, 2.05) is 0 Å². The van der Waals surface area contributed by atoms with Gasteiger partial charge < -0.3 is 29.0 Å². The van der Waals surface area contributed by atoms with Crippen molar-refractivity contribution in [3.8, 4) is 28.7 Å². The van der Waals surface area contributed by atoms with Crippen molar-refractivity contribution in [1.82, 2.24) is 19.7 Å². The second-order valence-electron chi connectivity index (χ2n) is 9.17. The van der Waals surface area contributed by atoms with Crippen LogP contribution in [0, 0.1) is 5.92 Å². The van der Waals surface area contributed by atoms with Crippen LogP contribution in [0.4, 0.5) is 19.0 Å². The first-order valence-electron chi connectivity index (χ1n) is 12.5. The third-order valence-electron chi connectivity index (χ3n) is 6.22. The number of ether oxygens (including phenoxy) is 5. The number of methoxy groups -OCH3 is 2. The van der Waals surface area contributed by atoms with Gasteiger partial charge >= 0.3 is 6.18 Å². The molecule has 5 rings (SSSR count). The number of alkyl halides is 3. The van der Waals surface area contributed by atoms with Gasteiger partial charge in [-0.3, -0.25) is 14.5 Å². The molecule has 11 nitrogen and oxygen atoms in total. The molecule has 0 spiro atoms. The standard InChI is InChI=1S/C27H26F3N5O6/c1-37-21-9-18-19(10-22(21)38-2)31-7-5-20(18)41-17-3-4-24(32-11-17)33-26(36)25-23(40-15-27(28,29)30)13-35(34-25)12-16-6-8-39-14-16/h3-5,7,9-11,13,16H,6,8,12,14-15H2,1-2H3,(H,32,33,36). The molecule has 14 heteroatoms. The summed E-state index contributed by atoms with van der Waals surface area (Å²) in [5, 5.41) is 7.40. The van der Waals surface area contributed by atoms with Gasteiger partial charge in [0.25, 0.3) is 5.91 Å². The molecule has 0 saturated carbocycles. The van der Waals surface area contributed by atoms with Crippen LogP contribution in [-0.4, -0.2) is 65.9 Å². The highest BCUT2D eigenvalue weighted by molar-refractivity contribution is 6.04. The monoisotopic (exact) mass is 573 g/mol.